The smallest absolute Gasteiger partial charge is 0.331 e. The highest BCUT2D eigenvalue weighted by molar-refractivity contribution is 8.00. The normalized spacial score (nSPS) is 12.3. The molecule has 0 heterocycles. The number of rotatable bonds is 18. The van der Waals surface area contributed by atoms with Gasteiger partial charge < -0.3 is 4.18 Å². The molecule has 24 heavy (non-hydrogen) atoms. The van der Waals surface area contributed by atoms with Crippen LogP contribution in [0.1, 0.15) is 104 Å². The fourth-order valence-electron chi connectivity index (χ4n) is 2.46. The molecule has 4 heteroatoms. The van der Waals surface area contributed by atoms with E-state index in [2.05, 4.69) is 20.8 Å². The lowest BCUT2D eigenvalue weighted by atomic mass is 10.1. The van der Waals surface area contributed by atoms with Crippen molar-refractivity contribution in [3.63, 3.8) is 0 Å². The molecule has 0 saturated heterocycles. The molecule has 1 atom stereocenters. The van der Waals surface area contributed by atoms with E-state index in [1.165, 1.54) is 69.8 Å². The molecule has 0 saturated carbocycles. The summed E-state index contributed by atoms with van der Waals surface area (Å²) in [5.74, 6) is 2.00. The van der Waals surface area contributed by atoms with Gasteiger partial charge in [0.25, 0.3) is 0 Å². The van der Waals surface area contributed by atoms with E-state index in [1.807, 2.05) is 0 Å². The molecule has 2 nitrogen and oxygen atoms in total. The first kappa shape index (κ1) is 24.2. The molecular formula is C20H40O2S2. The van der Waals surface area contributed by atoms with Gasteiger partial charge in [0.1, 0.15) is 5.25 Å². The molecule has 0 aliphatic rings. The van der Waals surface area contributed by atoms with Crippen LogP contribution in [0, 0.1) is 0 Å². The van der Waals surface area contributed by atoms with Crippen LogP contribution >= 0.6 is 23.8 Å². The molecule has 0 spiro atoms. The summed E-state index contributed by atoms with van der Waals surface area (Å²) in [4.78, 5) is 12.3. The number of unbranched alkanes of at least 4 members (excludes halogenated alkanes) is 9. The summed E-state index contributed by atoms with van der Waals surface area (Å²) in [6, 6.07) is 0. The Morgan fingerprint density at radius 2 is 1.29 bits per heavy atom. The van der Waals surface area contributed by atoms with Gasteiger partial charge in [-0.15, -0.1) is 11.8 Å². The van der Waals surface area contributed by atoms with Crippen LogP contribution in [0.3, 0.4) is 0 Å². The standard InChI is InChI=1S/C20H40O2S2/c1-4-7-10-11-12-13-14-15-16-19(23-17-8-5-2)20(21)22-24-18-9-6-3/h19H,4-18H2,1-3H3. The molecule has 1 unspecified atom stereocenters. The fraction of sp³-hybridized carbons (Fsp3) is 0.950. The van der Waals surface area contributed by atoms with Crippen LogP contribution in [-0.4, -0.2) is 22.7 Å². The molecular weight excluding hydrogens is 336 g/mol. The molecule has 0 aliphatic heterocycles. The maximum atomic E-state index is 12.3. The second kappa shape index (κ2) is 19.5. The van der Waals surface area contributed by atoms with Crippen molar-refractivity contribution in [2.75, 3.05) is 11.5 Å². The summed E-state index contributed by atoms with van der Waals surface area (Å²) in [6.07, 6.45) is 16.2. The van der Waals surface area contributed by atoms with Gasteiger partial charge in [-0.1, -0.05) is 85.0 Å². The van der Waals surface area contributed by atoms with E-state index in [4.69, 9.17) is 4.18 Å². The average Bonchev–Trinajstić information content (AvgIpc) is 2.59. The molecule has 144 valence electrons. The van der Waals surface area contributed by atoms with Crippen molar-refractivity contribution in [1.82, 2.24) is 0 Å². The first-order valence-corrected chi connectivity index (χ1v) is 12.2. The van der Waals surface area contributed by atoms with Gasteiger partial charge in [0, 0.05) is 5.75 Å². The van der Waals surface area contributed by atoms with Crippen molar-refractivity contribution in [3.05, 3.63) is 0 Å². The highest BCUT2D eigenvalue weighted by Gasteiger charge is 2.20. The van der Waals surface area contributed by atoms with E-state index in [0.29, 0.717) is 0 Å². The number of thioether (sulfide) groups is 1. The Kier molecular flexibility index (Phi) is 19.6. The van der Waals surface area contributed by atoms with Crippen LogP contribution in [-0.2, 0) is 8.98 Å². The predicted molar refractivity (Wildman–Crippen MR) is 112 cm³/mol. The monoisotopic (exact) mass is 376 g/mol. The minimum absolute atomic E-state index is 0.000141. The molecule has 0 aromatic carbocycles. The van der Waals surface area contributed by atoms with Crippen molar-refractivity contribution in [2.24, 2.45) is 0 Å². The second-order valence-electron chi connectivity index (χ2n) is 6.55. The van der Waals surface area contributed by atoms with Gasteiger partial charge in [0.2, 0.25) is 0 Å². The second-order valence-corrected chi connectivity index (χ2v) is 8.68. The SMILES string of the molecule is CCCCCCCCCCC(SCCCC)C(=O)OSCCCC. The summed E-state index contributed by atoms with van der Waals surface area (Å²) in [5, 5.41) is 0.0470. The Balaban J connectivity index is 3.87. The van der Waals surface area contributed by atoms with E-state index in [1.54, 1.807) is 11.8 Å². The van der Waals surface area contributed by atoms with Gasteiger partial charge in [-0.05, 0) is 25.0 Å². The van der Waals surface area contributed by atoms with Crippen LogP contribution < -0.4 is 0 Å². The maximum Gasteiger partial charge on any atom is 0.331 e. The van der Waals surface area contributed by atoms with Crippen molar-refractivity contribution in [1.29, 1.82) is 0 Å². The summed E-state index contributed by atoms with van der Waals surface area (Å²) in [5.41, 5.74) is 0. The van der Waals surface area contributed by atoms with Gasteiger partial charge in [-0.2, -0.15) is 0 Å². The number of hydrogen-bond acceptors (Lipinski definition) is 4. The molecule has 0 aromatic heterocycles. The molecule has 0 aromatic rings. The molecule has 0 rings (SSSR count). The van der Waals surface area contributed by atoms with Crippen LogP contribution in [0.25, 0.3) is 0 Å². The first-order valence-electron chi connectivity index (χ1n) is 10.2. The van der Waals surface area contributed by atoms with Gasteiger partial charge in [-0.3, -0.25) is 0 Å². The van der Waals surface area contributed by atoms with E-state index in [-0.39, 0.29) is 11.2 Å². The van der Waals surface area contributed by atoms with Crippen LogP contribution in [0.4, 0.5) is 0 Å². The van der Waals surface area contributed by atoms with Crippen molar-refractivity contribution in [2.45, 2.75) is 109 Å². The van der Waals surface area contributed by atoms with Gasteiger partial charge in [0.15, 0.2) is 0 Å². The molecule has 0 aliphatic carbocycles. The lowest BCUT2D eigenvalue weighted by molar-refractivity contribution is -0.132. The van der Waals surface area contributed by atoms with Crippen molar-refractivity contribution < 1.29 is 8.98 Å². The highest BCUT2D eigenvalue weighted by Crippen LogP contribution is 2.23. The average molecular weight is 377 g/mol. The summed E-state index contributed by atoms with van der Waals surface area (Å²) >= 11 is 3.15. The fourth-order valence-corrected chi connectivity index (χ4v) is 4.50. The number of carbonyl (C=O) groups is 1. The minimum atomic E-state index is 0.000141. The first-order chi connectivity index (χ1) is 11.8. The van der Waals surface area contributed by atoms with E-state index >= 15 is 0 Å². The highest BCUT2D eigenvalue weighted by atomic mass is 32.2. The summed E-state index contributed by atoms with van der Waals surface area (Å²) in [7, 11) is 0. The largest absolute Gasteiger partial charge is 0.391 e. The third kappa shape index (κ3) is 15.7. The number of hydrogen-bond donors (Lipinski definition) is 0. The lowest BCUT2D eigenvalue weighted by Gasteiger charge is -2.14. The van der Waals surface area contributed by atoms with Crippen LogP contribution in [0.2, 0.25) is 0 Å². The van der Waals surface area contributed by atoms with Crippen LogP contribution in [0.5, 0.6) is 0 Å². The zero-order valence-electron chi connectivity index (χ0n) is 16.3. The van der Waals surface area contributed by atoms with Gasteiger partial charge in [-0.25, -0.2) is 4.79 Å². The summed E-state index contributed by atoms with van der Waals surface area (Å²) in [6.45, 7) is 6.62. The maximum absolute atomic E-state index is 12.3. The van der Waals surface area contributed by atoms with E-state index in [0.717, 1.165) is 37.2 Å². The Morgan fingerprint density at radius 1 is 0.750 bits per heavy atom. The Hall–Kier alpha value is 0.170. The minimum Gasteiger partial charge on any atom is -0.391 e. The zero-order chi connectivity index (χ0) is 17.9. The van der Waals surface area contributed by atoms with Gasteiger partial charge in [0.05, 0.1) is 12.0 Å². The third-order valence-electron chi connectivity index (χ3n) is 4.12. The Labute approximate surface area is 159 Å². The Morgan fingerprint density at radius 3 is 1.92 bits per heavy atom. The molecule has 0 bridgehead atoms. The molecule has 0 radical (unpaired) electrons. The predicted octanol–water partition coefficient (Wildman–Crippen LogP) is 7.41. The van der Waals surface area contributed by atoms with E-state index in [9.17, 15) is 4.79 Å². The topological polar surface area (TPSA) is 26.3 Å². The zero-order valence-corrected chi connectivity index (χ0v) is 17.9. The molecule has 0 amide bonds. The summed E-state index contributed by atoms with van der Waals surface area (Å²) < 4.78 is 5.42. The lowest BCUT2D eigenvalue weighted by Crippen LogP contribution is -2.19. The molecule has 0 fully saturated rings. The van der Waals surface area contributed by atoms with Gasteiger partial charge >= 0.3 is 5.97 Å². The third-order valence-corrected chi connectivity index (χ3v) is 6.21. The quantitative estimate of drug-likeness (QED) is 0.184. The van der Waals surface area contributed by atoms with Crippen LogP contribution in [0.15, 0.2) is 0 Å². The molecule has 0 N–H and O–H groups in total. The van der Waals surface area contributed by atoms with Crippen molar-refractivity contribution in [3.8, 4) is 0 Å². The van der Waals surface area contributed by atoms with E-state index < -0.39 is 0 Å². The Bertz CT molecular complexity index is 272. The van der Waals surface area contributed by atoms with Crippen molar-refractivity contribution >= 4 is 29.8 Å². The number of carbonyl (C=O) groups excluding carboxylic acids is 1.